The van der Waals surface area contributed by atoms with Gasteiger partial charge in [-0.3, -0.25) is 9.69 Å². The van der Waals surface area contributed by atoms with Crippen molar-refractivity contribution < 1.29 is 4.79 Å². The summed E-state index contributed by atoms with van der Waals surface area (Å²) in [6, 6.07) is 5.49. The molecule has 0 bridgehead atoms. The number of halogens is 1. The third kappa shape index (κ3) is 4.19. The van der Waals surface area contributed by atoms with Gasteiger partial charge in [0.05, 0.1) is 17.1 Å². The Labute approximate surface area is 129 Å². The molecule has 0 unspecified atom stereocenters. The van der Waals surface area contributed by atoms with Crippen molar-refractivity contribution in [1.82, 2.24) is 20.2 Å². The number of aromatic amines is 1. The van der Waals surface area contributed by atoms with E-state index < -0.39 is 0 Å². The first kappa shape index (κ1) is 15.8. The number of H-pyrrole nitrogens is 1. The second kappa shape index (κ2) is 6.91. The number of aryl methyl sites for hydroxylation is 1. The van der Waals surface area contributed by atoms with Crippen molar-refractivity contribution in [2.45, 2.75) is 25.8 Å². The molecule has 5 nitrogen and oxygen atoms in total. The summed E-state index contributed by atoms with van der Waals surface area (Å²) in [5.74, 6) is 0.971. The predicted molar refractivity (Wildman–Crippen MR) is 85.6 cm³/mol. The van der Waals surface area contributed by atoms with Crippen LogP contribution in [0.4, 0.5) is 0 Å². The summed E-state index contributed by atoms with van der Waals surface area (Å²) >= 11 is 5.95. The molecule has 1 atom stereocenters. The number of rotatable bonds is 6. The van der Waals surface area contributed by atoms with E-state index in [1.54, 1.807) is 0 Å². The van der Waals surface area contributed by atoms with Crippen LogP contribution in [0.15, 0.2) is 18.2 Å². The van der Waals surface area contributed by atoms with Crippen LogP contribution in [0.3, 0.4) is 0 Å². The monoisotopic (exact) mass is 308 g/mol. The van der Waals surface area contributed by atoms with Crippen molar-refractivity contribution in [3.05, 3.63) is 29.0 Å². The number of amides is 1. The molecule has 0 spiro atoms. The highest BCUT2D eigenvalue weighted by molar-refractivity contribution is 6.31. The van der Waals surface area contributed by atoms with Crippen LogP contribution in [0.2, 0.25) is 5.02 Å². The molecule has 0 saturated carbocycles. The second-order valence-electron chi connectivity index (χ2n) is 5.38. The summed E-state index contributed by atoms with van der Waals surface area (Å²) < 4.78 is 0. The van der Waals surface area contributed by atoms with Gasteiger partial charge in [0.2, 0.25) is 5.91 Å². The van der Waals surface area contributed by atoms with Crippen LogP contribution in [-0.2, 0) is 11.2 Å². The molecule has 0 fully saturated rings. The quantitative estimate of drug-likeness (QED) is 0.804. The van der Waals surface area contributed by atoms with E-state index in [4.69, 9.17) is 11.6 Å². The lowest BCUT2D eigenvalue weighted by atomic mass is 10.2. The van der Waals surface area contributed by atoms with Crippen molar-refractivity contribution >= 4 is 28.5 Å². The highest BCUT2D eigenvalue weighted by Crippen LogP contribution is 2.17. The predicted octanol–water partition coefficient (Wildman–Crippen LogP) is 2.22. The summed E-state index contributed by atoms with van der Waals surface area (Å²) in [4.78, 5) is 21.4. The van der Waals surface area contributed by atoms with Gasteiger partial charge in [-0.25, -0.2) is 4.98 Å². The van der Waals surface area contributed by atoms with Gasteiger partial charge >= 0.3 is 0 Å². The van der Waals surface area contributed by atoms with Crippen molar-refractivity contribution in [3.8, 4) is 0 Å². The lowest BCUT2D eigenvalue weighted by Gasteiger charge is -2.18. The molecule has 6 heteroatoms. The highest BCUT2D eigenvalue weighted by Gasteiger charge is 2.13. The van der Waals surface area contributed by atoms with Gasteiger partial charge in [0, 0.05) is 18.0 Å². The van der Waals surface area contributed by atoms with Crippen LogP contribution in [0, 0.1) is 0 Å². The average molecular weight is 309 g/mol. The number of fused-ring (bicyclic) bond motifs is 1. The minimum Gasteiger partial charge on any atom is -0.355 e. The van der Waals surface area contributed by atoms with Crippen LogP contribution in [0.25, 0.3) is 11.0 Å². The van der Waals surface area contributed by atoms with Gasteiger partial charge in [-0.05, 0) is 45.6 Å². The van der Waals surface area contributed by atoms with Crippen molar-refractivity contribution in [3.63, 3.8) is 0 Å². The molecule has 1 amide bonds. The summed E-state index contributed by atoms with van der Waals surface area (Å²) in [5.41, 5.74) is 1.86. The molecular formula is C15H21ClN4O. The molecule has 2 N–H and O–H groups in total. The smallest absolute Gasteiger partial charge is 0.237 e. The maximum absolute atomic E-state index is 11.8. The van der Waals surface area contributed by atoms with Crippen LogP contribution >= 0.6 is 11.6 Å². The number of carbonyl (C=O) groups excluding carboxylic acids is 1. The first-order valence-electron chi connectivity index (χ1n) is 7.05. The topological polar surface area (TPSA) is 61.0 Å². The number of nitrogens with zero attached hydrogens (tertiary/aromatic N) is 2. The molecule has 1 heterocycles. The maximum atomic E-state index is 11.8. The highest BCUT2D eigenvalue weighted by atomic mass is 35.5. The van der Waals surface area contributed by atoms with Gasteiger partial charge in [-0.15, -0.1) is 0 Å². The molecule has 0 aliphatic rings. The molecule has 21 heavy (non-hydrogen) atoms. The number of carbonyl (C=O) groups is 1. The molecular weight excluding hydrogens is 288 g/mol. The number of imidazole rings is 1. The third-order valence-corrected chi connectivity index (χ3v) is 3.77. The van der Waals surface area contributed by atoms with E-state index in [1.165, 1.54) is 0 Å². The van der Waals surface area contributed by atoms with Crippen molar-refractivity contribution in [2.24, 2.45) is 0 Å². The fraction of sp³-hybridized carbons (Fsp3) is 0.467. The van der Waals surface area contributed by atoms with Gasteiger partial charge in [0.1, 0.15) is 5.82 Å². The van der Waals surface area contributed by atoms with E-state index in [0.29, 0.717) is 11.6 Å². The van der Waals surface area contributed by atoms with Crippen LogP contribution in [0.5, 0.6) is 0 Å². The van der Waals surface area contributed by atoms with E-state index in [0.717, 1.165) is 29.7 Å². The standard InChI is InChI=1S/C15H21ClN4O/c1-10(20(2)3)15(21)17-8-4-5-14-18-12-7-6-11(16)9-13(12)19-14/h6-7,9-10H,4-5,8H2,1-3H3,(H,17,21)(H,18,19)/t10-/m1/s1. The maximum Gasteiger partial charge on any atom is 0.237 e. The molecule has 0 aliphatic carbocycles. The van der Waals surface area contributed by atoms with E-state index >= 15 is 0 Å². The Balaban J connectivity index is 1.81. The number of hydrogen-bond donors (Lipinski definition) is 2. The van der Waals surface area contributed by atoms with E-state index in [-0.39, 0.29) is 11.9 Å². The molecule has 1 aromatic heterocycles. The average Bonchev–Trinajstić information content (AvgIpc) is 2.84. The number of nitrogens with one attached hydrogen (secondary N) is 2. The SMILES string of the molecule is C[C@H](C(=O)NCCCc1nc2ccc(Cl)cc2[nH]1)N(C)C. The Morgan fingerprint density at radius 2 is 2.24 bits per heavy atom. The molecule has 0 saturated heterocycles. The number of aromatic nitrogens is 2. The van der Waals surface area contributed by atoms with E-state index in [2.05, 4.69) is 15.3 Å². The third-order valence-electron chi connectivity index (χ3n) is 3.54. The largest absolute Gasteiger partial charge is 0.355 e. The fourth-order valence-electron chi connectivity index (χ4n) is 2.00. The Morgan fingerprint density at radius 3 is 2.95 bits per heavy atom. The Hall–Kier alpha value is -1.59. The summed E-state index contributed by atoms with van der Waals surface area (Å²) in [7, 11) is 3.79. The van der Waals surface area contributed by atoms with Gasteiger partial charge in [0.25, 0.3) is 0 Å². The first-order chi connectivity index (χ1) is 9.97. The van der Waals surface area contributed by atoms with Crippen LogP contribution in [-0.4, -0.2) is 47.5 Å². The Kier molecular flexibility index (Phi) is 5.20. The molecule has 2 rings (SSSR count). The second-order valence-corrected chi connectivity index (χ2v) is 5.82. The summed E-state index contributed by atoms with van der Waals surface area (Å²) in [5, 5.41) is 3.63. The van der Waals surface area contributed by atoms with Gasteiger partial charge < -0.3 is 10.3 Å². The van der Waals surface area contributed by atoms with Crippen LogP contribution < -0.4 is 5.32 Å². The number of benzene rings is 1. The summed E-state index contributed by atoms with van der Waals surface area (Å²) in [6.07, 6.45) is 1.64. The van der Waals surface area contributed by atoms with E-state index in [1.807, 2.05) is 44.1 Å². The first-order valence-corrected chi connectivity index (χ1v) is 7.43. The molecule has 0 aliphatic heterocycles. The zero-order chi connectivity index (χ0) is 15.4. The Morgan fingerprint density at radius 1 is 1.48 bits per heavy atom. The lowest BCUT2D eigenvalue weighted by Crippen LogP contribution is -2.41. The number of likely N-dealkylation sites (N-methyl/N-ethyl adjacent to an activating group) is 1. The minimum atomic E-state index is -0.113. The van der Waals surface area contributed by atoms with E-state index in [9.17, 15) is 4.79 Å². The summed E-state index contributed by atoms with van der Waals surface area (Å²) in [6.45, 7) is 2.53. The molecule has 0 radical (unpaired) electrons. The lowest BCUT2D eigenvalue weighted by molar-refractivity contribution is -0.124. The van der Waals surface area contributed by atoms with Gasteiger partial charge in [-0.1, -0.05) is 11.6 Å². The zero-order valence-corrected chi connectivity index (χ0v) is 13.4. The van der Waals surface area contributed by atoms with Crippen molar-refractivity contribution in [2.75, 3.05) is 20.6 Å². The number of hydrogen-bond acceptors (Lipinski definition) is 3. The molecule has 114 valence electrons. The molecule has 1 aromatic carbocycles. The van der Waals surface area contributed by atoms with Crippen LogP contribution in [0.1, 0.15) is 19.2 Å². The minimum absolute atomic E-state index is 0.0522. The van der Waals surface area contributed by atoms with Gasteiger partial charge in [0.15, 0.2) is 0 Å². The molecule has 2 aromatic rings. The van der Waals surface area contributed by atoms with Gasteiger partial charge in [-0.2, -0.15) is 0 Å². The normalized spacial score (nSPS) is 12.8. The zero-order valence-electron chi connectivity index (χ0n) is 12.6. The fourth-order valence-corrected chi connectivity index (χ4v) is 2.17. The Bertz CT molecular complexity index is 623. The van der Waals surface area contributed by atoms with Crippen molar-refractivity contribution in [1.29, 1.82) is 0 Å².